The van der Waals surface area contributed by atoms with Crippen molar-refractivity contribution in [1.29, 1.82) is 0 Å². The second kappa shape index (κ2) is 8.06. The zero-order valence-corrected chi connectivity index (χ0v) is 14.1. The van der Waals surface area contributed by atoms with E-state index in [1.807, 2.05) is 13.8 Å². The number of aliphatic hydroxyl groups excluding tert-OH is 1. The number of aliphatic hydroxyl groups is 1. The van der Waals surface area contributed by atoms with Crippen LogP contribution < -0.4 is 5.32 Å². The van der Waals surface area contributed by atoms with E-state index in [1.165, 1.54) is 16.8 Å². The number of amides is 1. The van der Waals surface area contributed by atoms with E-state index in [9.17, 15) is 14.3 Å². The van der Waals surface area contributed by atoms with Crippen molar-refractivity contribution in [3.05, 3.63) is 48.0 Å². The number of carbonyl (C=O) groups excluding carboxylic acids is 1. The average Bonchev–Trinajstić information content (AvgIpc) is 3.12. The van der Waals surface area contributed by atoms with Gasteiger partial charge >= 0.3 is 0 Å². The first-order chi connectivity index (χ1) is 11.5. The van der Waals surface area contributed by atoms with Gasteiger partial charge in [-0.3, -0.25) is 4.79 Å². The number of hydrogen-bond donors (Lipinski definition) is 2. The van der Waals surface area contributed by atoms with Gasteiger partial charge in [0.15, 0.2) is 0 Å². The fraction of sp³-hybridized carbons (Fsp3) is 0.444. The summed E-state index contributed by atoms with van der Waals surface area (Å²) in [6.45, 7) is 4.64. The lowest BCUT2D eigenvalue weighted by Gasteiger charge is -2.31. The van der Waals surface area contributed by atoms with E-state index < -0.39 is 5.82 Å². The smallest absolute Gasteiger partial charge is 0.251 e. The van der Waals surface area contributed by atoms with E-state index in [2.05, 4.69) is 10.4 Å². The van der Waals surface area contributed by atoms with Crippen molar-refractivity contribution in [2.75, 3.05) is 13.2 Å². The summed E-state index contributed by atoms with van der Waals surface area (Å²) in [7, 11) is 0. The summed E-state index contributed by atoms with van der Waals surface area (Å²) in [6, 6.07) is 6.05. The molecule has 0 atom stereocenters. The zero-order valence-electron chi connectivity index (χ0n) is 14.1. The maximum Gasteiger partial charge on any atom is 0.251 e. The average molecular weight is 333 g/mol. The number of halogens is 1. The van der Waals surface area contributed by atoms with Crippen molar-refractivity contribution >= 4 is 5.91 Å². The Hall–Kier alpha value is -2.21. The molecule has 24 heavy (non-hydrogen) atoms. The minimum absolute atomic E-state index is 0.0880. The molecule has 0 aliphatic heterocycles. The number of benzene rings is 1. The molecule has 0 saturated heterocycles. The van der Waals surface area contributed by atoms with Crippen molar-refractivity contribution in [3.63, 3.8) is 0 Å². The van der Waals surface area contributed by atoms with Gasteiger partial charge in [-0.2, -0.15) is 5.10 Å². The van der Waals surface area contributed by atoms with E-state index in [-0.39, 0.29) is 23.5 Å². The van der Waals surface area contributed by atoms with Crippen molar-refractivity contribution in [1.82, 2.24) is 15.1 Å². The van der Waals surface area contributed by atoms with Crippen LogP contribution in [0.5, 0.6) is 0 Å². The molecule has 2 rings (SSSR count). The fourth-order valence-corrected chi connectivity index (χ4v) is 2.79. The maximum absolute atomic E-state index is 14.2. The van der Waals surface area contributed by atoms with Crippen LogP contribution in [0.15, 0.2) is 36.7 Å². The molecular formula is C18H24FN3O2. The summed E-state index contributed by atoms with van der Waals surface area (Å²) < 4.78 is 15.6. The fourth-order valence-electron chi connectivity index (χ4n) is 2.79. The quantitative estimate of drug-likeness (QED) is 0.780. The molecule has 0 spiro atoms. The second-order valence-electron chi connectivity index (χ2n) is 5.98. The predicted octanol–water partition coefficient (Wildman–Crippen LogP) is 2.93. The molecule has 6 heteroatoms. The van der Waals surface area contributed by atoms with Crippen LogP contribution in [0.25, 0.3) is 5.69 Å². The summed E-state index contributed by atoms with van der Waals surface area (Å²) in [4.78, 5) is 12.3. The van der Waals surface area contributed by atoms with Gasteiger partial charge in [-0.05, 0) is 48.9 Å². The molecule has 1 aromatic carbocycles. The lowest BCUT2D eigenvalue weighted by Crippen LogP contribution is -2.37. The van der Waals surface area contributed by atoms with Crippen LogP contribution in [0.2, 0.25) is 0 Å². The van der Waals surface area contributed by atoms with Gasteiger partial charge in [0.2, 0.25) is 0 Å². The third-order valence-electron chi connectivity index (χ3n) is 4.73. The van der Waals surface area contributed by atoms with Gasteiger partial charge in [0.25, 0.3) is 5.91 Å². The van der Waals surface area contributed by atoms with Gasteiger partial charge in [-0.25, -0.2) is 9.07 Å². The molecule has 0 bridgehead atoms. The second-order valence-corrected chi connectivity index (χ2v) is 5.98. The number of aromatic nitrogens is 2. The predicted molar refractivity (Wildman–Crippen MR) is 90.6 cm³/mol. The SMILES string of the molecule is CCC(CC)(CCO)CNC(=O)c1ccc(-n2cccn2)c(F)c1. The minimum Gasteiger partial charge on any atom is -0.396 e. The van der Waals surface area contributed by atoms with Crippen LogP contribution in [0.1, 0.15) is 43.5 Å². The van der Waals surface area contributed by atoms with Crippen molar-refractivity contribution in [2.45, 2.75) is 33.1 Å². The Morgan fingerprint density at radius 1 is 1.38 bits per heavy atom. The molecule has 2 N–H and O–H groups in total. The molecule has 2 aromatic rings. The molecule has 1 amide bonds. The number of nitrogens with zero attached hydrogens (tertiary/aromatic N) is 2. The number of hydrogen-bond acceptors (Lipinski definition) is 3. The maximum atomic E-state index is 14.2. The monoisotopic (exact) mass is 333 g/mol. The van der Waals surface area contributed by atoms with E-state index in [4.69, 9.17) is 0 Å². The third-order valence-corrected chi connectivity index (χ3v) is 4.73. The minimum atomic E-state index is -0.501. The van der Waals surface area contributed by atoms with Gasteiger partial charge in [0, 0.05) is 31.1 Å². The van der Waals surface area contributed by atoms with Crippen LogP contribution in [0.4, 0.5) is 4.39 Å². The first-order valence-electron chi connectivity index (χ1n) is 8.24. The molecular weight excluding hydrogens is 309 g/mol. The van der Waals surface area contributed by atoms with E-state index >= 15 is 0 Å². The zero-order chi connectivity index (χ0) is 17.6. The van der Waals surface area contributed by atoms with Gasteiger partial charge in [0.1, 0.15) is 11.5 Å². The highest BCUT2D eigenvalue weighted by molar-refractivity contribution is 5.94. The molecule has 0 aliphatic carbocycles. The summed E-state index contributed by atoms with van der Waals surface area (Å²) in [5.41, 5.74) is 0.444. The highest BCUT2D eigenvalue weighted by atomic mass is 19.1. The Bertz CT molecular complexity index is 667. The van der Waals surface area contributed by atoms with Crippen LogP contribution in [0.3, 0.4) is 0 Å². The Balaban J connectivity index is 2.09. The number of rotatable bonds is 8. The topological polar surface area (TPSA) is 67.2 Å². The van der Waals surface area contributed by atoms with Crippen LogP contribution in [0, 0.1) is 11.2 Å². The lowest BCUT2D eigenvalue weighted by molar-refractivity contribution is 0.0907. The van der Waals surface area contributed by atoms with E-state index in [1.54, 1.807) is 24.5 Å². The molecule has 1 heterocycles. The number of nitrogens with one attached hydrogen (secondary N) is 1. The highest BCUT2D eigenvalue weighted by Crippen LogP contribution is 2.29. The molecule has 0 fully saturated rings. The van der Waals surface area contributed by atoms with Crippen molar-refractivity contribution in [2.24, 2.45) is 5.41 Å². The van der Waals surface area contributed by atoms with Gasteiger partial charge in [0.05, 0.1) is 0 Å². The van der Waals surface area contributed by atoms with Crippen LogP contribution >= 0.6 is 0 Å². The largest absolute Gasteiger partial charge is 0.396 e. The summed E-state index contributed by atoms with van der Waals surface area (Å²) in [5, 5.41) is 16.1. The first kappa shape index (κ1) is 18.1. The Morgan fingerprint density at radius 2 is 2.12 bits per heavy atom. The molecule has 130 valence electrons. The Labute approximate surface area is 141 Å². The van der Waals surface area contributed by atoms with Gasteiger partial charge in [-0.15, -0.1) is 0 Å². The number of carbonyl (C=O) groups is 1. The summed E-state index contributed by atoms with van der Waals surface area (Å²) in [6.07, 6.45) is 5.56. The Kier molecular flexibility index (Phi) is 6.09. The molecule has 0 unspecified atom stereocenters. The molecule has 0 radical (unpaired) electrons. The molecule has 0 saturated carbocycles. The third kappa shape index (κ3) is 4.00. The van der Waals surface area contributed by atoms with Crippen molar-refractivity contribution in [3.8, 4) is 5.69 Å². The van der Waals surface area contributed by atoms with Crippen LogP contribution in [-0.4, -0.2) is 33.9 Å². The summed E-state index contributed by atoms with van der Waals surface area (Å²) >= 11 is 0. The Morgan fingerprint density at radius 3 is 2.67 bits per heavy atom. The normalized spacial score (nSPS) is 11.5. The first-order valence-corrected chi connectivity index (χ1v) is 8.24. The van der Waals surface area contributed by atoms with Gasteiger partial charge < -0.3 is 10.4 Å². The molecule has 0 aliphatic rings. The summed E-state index contributed by atoms with van der Waals surface area (Å²) in [5.74, 6) is -0.816. The van der Waals surface area contributed by atoms with Gasteiger partial charge in [-0.1, -0.05) is 13.8 Å². The lowest BCUT2D eigenvalue weighted by atomic mass is 9.79. The standard InChI is InChI=1S/C18H24FN3O2/c1-3-18(4-2,8-11-23)13-20-17(24)14-6-7-16(15(19)12-14)22-10-5-9-21-22/h5-7,9-10,12,23H,3-4,8,11,13H2,1-2H3,(H,20,24). The molecule has 5 nitrogen and oxygen atoms in total. The van der Waals surface area contributed by atoms with E-state index in [0.717, 1.165) is 12.8 Å². The van der Waals surface area contributed by atoms with E-state index in [0.29, 0.717) is 18.7 Å². The molecule has 1 aromatic heterocycles. The van der Waals surface area contributed by atoms with Crippen molar-refractivity contribution < 1.29 is 14.3 Å². The highest BCUT2D eigenvalue weighted by Gasteiger charge is 2.26. The van der Waals surface area contributed by atoms with Crippen LogP contribution in [-0.2, 0) is 0 Å².